The monoisotopic (exact) mass is 342 g/mol. The van der Waals surface area contributed by atoms with Crippen molar-refractivity contribution in [2.24, 2.45) is 7.05 Å². The molecule has 3 nitrogen and oxygen atoms in total. The maximum atomic E-state index is 10.00. The molecule has 4 heteroatoms. The second kappa shape index (κ2) is 5.18. The molecule has 0 radical (unpaired) electrons. The van der Waals surface area contributed by atoms with E-state index in [1.807, 2.05) is 42.3 Å². The molecule has 0 bridgehead atoms. The van der Waals surface area contributed by atoms with Crippen molar-refractivity contribution in [3.05, 3.63) is 39.7 Å². The number of nitrogens with zero attached hydrogens (tertiary/aromatic N) is 2. The molecule has 2 aromatic rings. The Bertz CT molecular complexity index is 560. The van der Waals surface area contributed by atoms with Crippen molar-refractivity contribution >= 4 is 33.6 Å². The van der Waals surface area contributed by atoms with Crippen LogP contribution < -0.4 is 0 Å². The first-order valence-electron chi connectivity index (χ1n) is 5.49. The van der Waals surface area contributed by atoms with Gasteiger partial charge in [-0.05, 0) is 35.1 Å². The van der Waals surface area contributed by atoms with Gasteiger partial charge in [-0.25, -0.2) is 4.98 Å². The molecule has 0 spiro atoms. The van der Waals surface area contributed by atoms with Crippen molar-refractivity contribution in [3.63, 3.8) is 0 Å². The standard InChI is InChI=1S/C13H15IN2O/c1-9-15-11-8-10(13(17)4-3-7-14)5-6-12(11)16(9)2/h3,5-8,13,17H,4H2,1-2H3/b7-3-/t13-/m0/s1. The molecule has 1 aromatic heterocycles. The lowest BCUT2D eigenvalue weighted by molar-refractivity contribution is 0.182. The van der Waals surface area contributed by atoms with Gasteiger partial charge in [0, 0.05) is 7.05 Å². The number of imidazole rings is 1. The molecule has 1 heterocycles. The highest BCUT2D eigenvalue weighted by atomic mass is 127. The maximum absolute atomic E-state index is 10.00. The SMILES string of the molecule is Cc1nc2cc([C@@H](O)C/C=C\I)ccc2n1C. The molecule has 1 aromatic carbocycles. The van der Waals surface area contributed by atoms with Crippen LogP contribution in [0.5, 0.6) is 0 Å². The minimum absolute atomic E-state index is 0.451. The van der Waals surface area contributed by atoms with E-state index in [0.717, 1.165) is 22.4 Å². The van der Waals surface area contributed by atoms with Crippen LogP contribution in [0.1, 0.15) is 23.9 Å². The van der Waals surface area contributed by atoms with E-state index in [9.17, 15) is 5.11 Å². The van der Waals surface area contributed by atoms with Gasteiger partial charge < -0.3 is 9.67 Å². The first kappa shape index (κ1) is 12.6. The molecular formula is C13H15IN2O. The number of fused-ring (bicyclic) bond motifs is 1. The third-order valence-electron chi connectivity index (χ3n) is 2.96. The lowest BCUT2D eigenvalue weighted by Crippen LogP contribution is -1.95. The Labute approximate surface area is 114 Å². The molecule has 0 aliphatic heterocycles. The summed E-state index contributed by atoms with van der Waals surface area (Å²) < 4.78 is 3.97. The van der Waals surface area contributed by atoms with Crippen LogP contribution in [0.25, 0.3) is 11.0 Å². The topological polar surface area (TPSA) is 38.1 Å². The predicted molar refractivity (Wildman–Crippen MR) is 78.2 cm³/mol. The fraction of sp³-hybridized carbons (Fsp3) is 0.308. The zero-order valence-corrected chi connectivity index (χ0v) is 12.0. The second-order valence-corrected chi connectivity index (χ2v) is 4.80. The van der Waals surface area contributed by atoms with E-state index < -0.39 is 6.10 Å². The van der Waals surface area contributed by atoms with Crippen LogP contribution in [0.4, 0.5) is 0 Å². The fourth-order valence-electron chi connectivity index (χ4n) is 1.86. The molecule has 0 aliphatic carbocycles. The van der Waals surface area contributed by atoms with Gasteiger partial charge in [0.1, 0.15) is 5.82 Å². The van der Waals surface area contributed by atoms with Crippen molar-refractivity contribution < 1.29 is 5.11 Å². The van der Waals surface area contributed by atoms with E-state index in [2.05, 4.69) is 32.1 Å². The van der Waals surface area contributed by atoms with Gasteiger partial charge in [0.05, 0.1) is 17.1 Å². The number of aliphatic hydroxyl groups excluding tert-OH is 1. The van der Waals surface area contributed by atoms with Gasteiger partial charge in [-0.2, -0.15) is 0 Å². The van der Waals surface area contributed by atoms with Crippen LogP contribution in [0.15, 0.2) is 28.4 Å². The summed E-state index contributed by atoms with van der Waals surface area (Å²) in [5, 5.41) is 10.00. The number of aromatic nitrogens is 2. The summed E-state index contributed by atoms with van der Waals surface area (Å²) in [6.45, 7) is 1.98. The highest BCUT2D eigenvalue weighted by Crippen LogP contribution is 2.22. The summed E-state index contributed by atoms with van der Waals surface area (Å²) in [6, 6.07) is 5.95. The Kier molecular flexibility index (Phi) is 3.83. The van der Waals surface area contributed by atoms with Gasteiger partial charge in [-0.15, -0.1) is 0 Å². The zero-order chi connectivity index (χ0) is 12.4. The van der Waals surface area contributed by atoms with E-state index >= 15 is 0 Å². The van der Waals surface area contributed by atoms with Crippen LogP contribution in [0.2, 0.25) is 0 Å². The smallest absolute Gasteiger partial charge is 0.106 e. The number of aryl methyl sites for hydroxylation is 2. The number of hydrogen-bond donors (Lipinski definition) is 1. The normalized spacial score (nSPS) is 13.6. The predicted octanol–water partition coefficient (Wildman–Crippen LogP) is 3.25. The Morgan fingerprint density at radius 1 is 1.53 bits per heavy atom. The van der Waals surface area contributed by atoms with Gasteiger partial charge in [0.15, 0.2) is 0 Å². The molecule has 2 rings (SSSR count). The van der Waals surface area contributed by atoms with Gasteiger partial charge in [0.2, 0.25) is 0 Å². The molecule has 17 heavy (non-hydrogen) atoms. The van der Waals surface area contributed by atoms with Crippen molar-refractivity contribution in [2.45, 2.75) is 19.4 Å². The van der Waals surface area contributed by atoms with E-state index in [0.29, 0.717) is 6.42 Å². The first-order chi connectivity index (χ1) is 8.13. The van der Waals surface area contributed by atoms with Crippen molar-refractivity contribution in [2.75, 3.05) is 0 Å². The first-order valence-corrected chi connectivity index (χ1v) is 6.74. The second-order valence-electron chi connectivity index (χ2n) is 4.08. The third kappa shape index (κ3) is 2.52. The number of benzene rings is 1. The van der Waals surface area contributed by atoms with Gasteiger partial charge >= 0.3 is 0 Å². The van der Waals surface area contributed by atoms with Crippen LogP contribution in [0.3, 0.4) is 0 Å². The highest BCUT2D eigenvalue weighted by Gasteiger charge is 2.09. The lowest BCUT2D eigenvalue weighted by atomic mass is 10.1. The quantitative estimate of drug-likeness (QED) is 0.870. The fourth-order valence-corrected chi connectivity index (χ4v) is 2.15. The summed E-state index contributed by atoms with van der Waals surface area (Å²) in [5.41, 5.74) is 2.97. The zero-order valence-electron chi connectivity index (χ0n) is 9.89. The summed E-state index contributed by atoms with van der Waals surface area (Å²) >= 11 is 2.15. The van der Waals surface area contributed by atoms with E-state index in [4.69, 9.17) is 0 Å². The largest absolute Gasteiger partial charge is 0.388 e. The van der Waals surface area contributed by atoms with Crippen LogP contribution in [-0.2, 0) is 7.05 Å². The molecule has 90 valence electrons. The average Bonchev–Trinajstić information content (AvgIpc) is 2.61. The highest BCUT2D eigenvalue weighted by molar-refractivity contribution is 14.1. The number of aliphatic hydroxyl groups is 1. The van der Waals surface area contributed by atoms with Crippen LogP contribution in [-0.4, -0.2) is 14.7 Å². The van der Waals surface area contributed by atoms with E-state index in [1.54, 1.807) is 0 Å². The van der Waals surface area contributed by atoms with Gasteiger partial charge in [0.25, 0.3) is 0 Å². The minimum Gasteiger partial charge on any atom is -0.388 e. The van der Waals surface area contributed by atoms with E-state index in [1.165, 1.54) is 0 Å². The molecule has 0 amide bonds. The summed E-state index contributed by atoms with van der Waals surface area (Å²) in [7, 11) is 2.00. The Balaban J connectivity index is 2.37. The third-order valence-corrected chi connectivity index (χ3v) is 3.47. The molecule has 1 atom stereocenters. The van der Waals surface area contributed by atoms with Gasteiger partial charge in [-0.1, -0.05) is 34.7 Å². The van der Waals surface area contributed by atoms with Crippen molar-refractivity contribution in [1.29, 1.82) is 0 Å². The molecular weight excluding hydrogens is 327 g/mol. The number of rotatable bonds is 3. The average molecular weight is 342 g/mol. The van der Waals surface area contributed by atoms with Crippen LogP contribution in [0, 0.1) is 6.92 Å². The molecule has 0 aliphatic rings. The van der Waals surface area contributed by atoms with Crippen molar-refractivity contribution in [1.82, 2.24) is 9.55 Å². The maximum Gasteiger partial charge on any atom is 0.106 e. The lowest BCUT2D eigenvalue weighted by Gasteiger charge is -2.08. The molecule has 0 fully saturated rings. The Hall–Kier alpha value is -0.880. The Morgan fingerprint density at radius 3 is 3.00 bits per heavy atom. The van der Waals surface area contributed by atoms with Gasteiger partial charge in [-0.3, -0.25) is 0 Å². The van der Waals surface area contributed by atoms with Crippen molar-refractivity contribution in [3.8, 4) is 0 Å². The summed E-state index contributed by atoms with van der Waals surface area (Å²) in [4.78, 5) is 4.47. The summed E-state index contributed by atoms with van der Waals surface area (Å²) in [6.07, 6.45) is 2.15. The molecule has 0 unspecified atom stereocenters. The Morgan fingerprint density at radius 2 is 2.29 bits per heavy atom. The summed E-state index contributed by atoms with van der Waals surface area (Å²) in [5.74, 6) is 0.985. The molecule has 1 N–H and O–H groups in total. The van der Waals surface area contributed by atoms with Crippen LogP contribution >= 0.6 is 22.6 Å². The minimum atomic E-state index is -0.451. The molecule has 0 saturated heterocycles. The molecule has 0 saturated carbocycles. The number of halogens is 1. The van der Waals surface area contributed by atoms with E-state index in [-0.39, 0.29) is 0 Å². The number of hydrogen-bond acceptors (Lipinski definition) is 2.